The summed E-state index contributed by atoms with van der Waals surface area (Å²) < 4.78 is 0. The summed E-state index contributed by atoms with van der Waals surface area (Å²) in [5.74, 6) is 0. The molecular weight excluding hydrogens is 126 g/mol. The summed E-state index contributed by atoms with van der Waals surface area (Å²) in [6.07, 6.45) is 0.504. The van der Waals surface area contributed by atoms with Gasteiger partial charge in [-0.25, -0.2) is 0 Å². The fraction of sp³-hybridized carbons (Fsp3) is 0.125. The normalized spacial score (nSPS) is 8.00. The molecule has 2 nitrogen and oxygen atoms in total. The summed E-state index contributed by atoms with van der Waals surface area (Å²) in [5, 5.41) is 12.1. The van der Waals surface area contributed by atoms with Crippen molar-refractivity contribution in [2.45, 2.75) is 6.42 Å². The molecule has 0 amide bonds. The maximum absolute atomic E-state index is 9.62. The fourth-order valence-corrected chi connectivity index (χ4v) is 0.719. The van der Waals surface area contributed by atoms with E-state index in [1.54, 1.807) is 0 Å². The molecule has 0 heterocycles. The first-order valence-corrected chi connectivity index (χ1v) is 3.02. The smallest absolute Gasteiger partial charge is 0.303 e. The van der Waals surface area contributed by atoms with Crippen molar-refractivity contribution in [3.8, 4) is 6.07 Å². The van der Waals surface area contributed by atoms with Gasteiger partial charge in [-0.2, -0.15) is 0 Å². The molecule has 50 valence electrons. The average Bonchev–Trinajstić information content (AvgIpc) is 2.03. The molecule has 0 fully saturated rings. The van der Waals surface area contributed by atoms with E-state index in [0.29, 0.717) is 6.42 Å². The van der Waals surface area contributed by atoms with Crippen molar-refractivity contribution in [2.75, 3.05) is 0 Å². The van der Waals surface area contributed by atoms with E-state index in [-0.39, 0.29) is 0 Å². The van der Waals surface area contributed by atoms with Crippen LogP contribution in [0, 0.1) is 11.3 Å². The van der Waals surface area contributed by atoms with Crippen molar-refractivity contribution in [3.63, 3.8) is 0 Å². The van der Waals surface area contributed by atoms with Crippen LogP contribution in [0.15, 0.2) is 30.3 Å². The lowest BCUT2D eigenvalue weighted by atomic mass is 10.2. The van der Waals surface area contributed by atoms with Crippen LogP contribution in [-0.4, -0.2) is 0 Å². The van der Waals surface area contributed by atoms with E-state index in [9.17, 15) is 5.21 Å². The van der Waals surface area contributed by atoms with Crippen molar-refractivity contribution >= 4 is 0 Å². The lowest BCUT2D eigenvalue weighted by Crippen LogP contribution is -1.76. The van der Waals surface area contributed by atoms with Crippen LogP contribution in [0.5, 0.6) is 0 Å². The molecule has 1 rings (SSSR count). The molecule has 0 unspecified atom stereocenters. The Labute approximate surface area is 59.5 Å². The molecule has 0 radical (unpaired) electrons. The third kappa shape index (κ3) is 1.79. The molecule has 0 atom stereocenters. The van der Waals surface area contributed by atoms with E-state index in [0.717, 1.165) is 5.56 Å². The zero-order valence-electron chi connectivity index (χ0n) is 5.45. The molecule has 0 aliphatic rings. The van der Waals surface area contributed by atoms with Gasteiger partial charge in [0.2, 0.25) is 0 Å². The highest BCUT2D eigenvalue weighted by Crippen LogP contribution is 1.97. The van der Waals surface area contributed by atoms with Gasteiger partial charge in [0.15, 0.2) is 0 Å². The average molecular weight is 133 g/mol. The highest BCUT2D eigenvalue weighted by Gasteiger charge is 1.89. The highest BCUT2D eigenvalue weighted by molar-refractivity contribution is 5.19. The van der Waals surface area contributed by atoms with E-state index in [1.807, 2.05) is 30.3 Å². The summed E-state index contributed by atoms with van der Waals surface area (Å²) in [6, 6.07) is 12.0. The second-order valence-electron chi connectivity index (χ2n) is 1.91. The third-order valence-corrected chi connectivity index (χ3v) is 1.19. The largest absolute Gasteiger partial charge is 0.498 e. The minimum absolute atomic E-state index is 0.504. The van der Waals surface area contributed by atoms with E-state index in [1.165, 1.54) is 0 Å². The Hall–Kier alpha value is -1.49. The van der Waals surface area contributed by atoms with Crippen LogP contribution in [0.25, 0.3) is 5.01 Å². The summed E-state index contributed by atoms with van der Waals surface area (Å²) in [4.78, 5) is 0. The topological polar surface area (TPSA) is 27.4 Å². The molecule has 0 saturated carbocycles. The van der Waals surface area contributed by atoms with Crippen LogP contribution >= 0.6 is 0 Å². The second-order valence-corrected chi connectivity index (χ2v) is 1.91. The van der Waals surface area contributed by atoms with Gasteiger partial charge in [0, 0.05) is 5.01 Å². The van der Waals surface area contributed by atoms with Gasteiger partial charge >= 0.3 is 6.07 Å². The monoisotopic (exact) mass is 133 g/mol. The van der Waals surface area contributed by atoms with Crippen molar-refractivity contribution in [2.24, 2.45) is 0 Å². The predicted octanol–water partition coefficient (Wildman–Crippen LogP) is 2.06. The minimum Gasteiger partial charge on any atom is -0.498 e. The summed E-state index contributed by atoms with van der Waals surface area (Å²) in [5.41, 5.74) is 1.06. The zero-order valence-corrected chi connectivity index (χ0v) is 5.45. The number of hydrogen-bond donors (Lipinski definition) is 0. The molecule has 0 aromatic heterocycles. The fourth-order valence-electron chi connectivity index (χ4n) is 0.719. The molecule has 0 saturated heterocycles. The lowest BCUT2D eigenvalue weighted by Gasteiger charge is -1.86. The maximum Gasteiger partial charge on any atom is 0.303 e. The molecule has 0 N–H and O–H groups in total. The quantitative estimate of drug-likeness (QED) is 0.539. The van der Waals surface area contributed by atoms with Gasteiger partial charge in [0.1, 0.15) is 6.42 Å². The molecule has 0 spiro atoms. The number of nitrogens with zero attached hydrogens (tertiary/aromatic N) is 1. The van der Waals surface area contributed by atoms with Crippen LogP contribution < -0.4 is 0 Å². The highest BCUT2D eigenvalue weighted by atomic mass is 16.4. The van der Waals surface area contributed by atoms with Gasteiger partial charge < -0.3 is 5.21 Å². The summed E-state index contributed by atoms with van der Waals surface area (Å²) in [6.45, 7) is 0. The SMILES string of the molecule is [O-][N+]#CCc1ccccc1. The number of rotatable bonds is 1. The number of benzene rings is 1. The Morgan fingerprint density at radius 1 is 1.30 bits per heavy atom. The molecule has 0 aliphatic heterocycles. The van der Waals surface area contributed by atoms with Crippen molar-refractivity contribution in [1.29, 1.82) is 0 Å². The second kappa shape index (κ2) is 3.52. The van der Waals surface area contributed by atoms with Crippen LogP contribution in [-0.2, 0) is 6.42 Å². The Balaban J connectivity index is 2.64. The third-order valence-electron chi connectivity index (χ3n) is 1.19. The van der Waals surface area contributed by atoms with Gasteiger partial charge in [-0.1, -0.05) is 30.3 Å². The first kappa shape index (κ1) is 6.63. The molecule has 0 bridgehead atoms. The van der Waals surface area contributed by atoms with Gasteiger partial charge in [-0.15, -0.1) is 0 Å². The lowest BCUT2D eigenvalue weighted by molar-refractivity contribution is 1.32. The van der Waals surface area contributed by atoms with E-state index in [4.69, 9.17) is 0 Å². The maximum atomic E-state index is 9.62. The van der Waals surface area contributed by atoms with E-state index in [2.05, 4.69) is 11.1 Å². The predicted molar refractivity (Wildman–Crippen MR) is 40.8 cm³/mol. The Kier molecular flexibility index (Phi) is 2.33. The molecule has 10 heavy (non-hydrogen) atoms. The molecule has 2 heteroatoms. The summed E-state index contributed by atoms with van der Waals surface area (Å²) >= 11 is 0. The van der Waals surface area contributed by atoms with Gasteiger partial charge in [-0.05, 0) is 5.56 Å². The van der Waals surface area contributed by atoms with Gasteiger partial charge in [0.25, 0.3) is 0 Å². The van der Waals surface area contributed by atoms with Crippen molar-refractivity contribution in [1.82, 2.24) is 0 Å². The Morgan fingerprint density at radius 3 is 2.60 bits per heavy atom. The van der Waals surface area contributed by atoms with Crippen molar-refractivity contribution < 1.29 is 0 Å². The van der Waals surface area contributed by atoms with E-state index >= 15 is 0 Å². The first-order valence-electron chi connectivity index (χ1n) is 3.02. The van der Waals surface area contributed by atoms with Crippen LogP contribution in [0.3, 0.4) is 0 Å². The van der Waals surface area contributed by atoms with Gasteiger partial charge in [0.05, 0.1) is 0 Å². The van der Waals surface area contributed by atoms with Crippen LogP contribution in [0.1, 0.15) is 5.56 Å². The summed E-state index contributed by atoms with van der Waals surface area (Å²) in [7, 11) is 0. The first-order chi connectivity index (χ1) is 4.93. The standard InChI is InChI=1S/C8H7NO/c10-9-7-6-8-4-2-1-3-5-8/h1-5H,6H2. The Morgan fingerprint density at radius 2 is 2.00 bits per heavy atom. The molecule has 0 aliphatic carbocycles. The van der Waals surface area contributed by atoms with Crippen LogP contribution in [0.2, 0.25) is 0 Å². The van der Waals surface area contributed by atoms with Crippen molar-refractivity contribution in [3.05, 3.63) is 46.1 Å². The van der Waals surface area contributed by atoms with E-state index < -0.39 is 0 Å². The molecular formula is C8H7NO. The molecule has 1 aromatic carbocycles. The molecule has 1 aromatic rings. The van der Waals surface area contributed by atoms with Crippen LogP contribution in [0.4, 0.5) is 0 Å². The zero-order chi connectivity index (χ0) is 7.23. The number of hydrogen-bond acceptors (Lipinski definition) is 1. The minimum atomic E-state index is 0.504. The Bertz CT molecular complexity index is 245. The van der Waals surface area contributed by atoms with Gasteiger partial charge in [-0.3, -0.25) is 0 Å².